The van der Waals surface area contributed by atoms with E-state index in [-0.39, 0.29) is 0 Å². The number of hydrogen-bond donors (Lipinski definition) is 2. The number of carboxylic acids is 2. The first kappa shape index (κ1) is 11.8. The van der Waals surface area contributed by atoms with Crippen molar-refractivity contribution in [3.63, 3.8) is 0 Å². The maximum Gasteiger partial charge on any atom is 0.342 e. The summed E-state index contributed by atoms with van der Waals surface area (Å²) in [5.74, 6) is -8.08. The van der Waals surface area contributed by atoms with E-state index in [1.54, 1.807) is 0 Å². The van der Waals surface area contributed by atoms with Crippen LogP contribution < -0.4 is 4.74 Å². The van der Waals surface area contributed by atoms with E-state index in [1.807, 2.05) is 0 Å². The fourth-order valence-electron chi connectivity index (χ4n) is 1.06. The van der Waals surface area contributed by atoms with Gasteiger partial charge < -0.3 is 14.9 Å². The zero-order valence-corrected chi connectivity index (χ0v) is 7.82. The van der Waals surface area contributed by atoms with Crippen molar-refractivity contribution in [2.45, 2.75) is 0 Å². The molecule has 0 unspecified atom stereocenters. The van der Waals surface area contributed by atoms with Crippen LogP contribution in [0.2, 0.25) is 0 Å². The Bertz CT molecular complexity index is 474. The monoisotopic (exact) mass is 233 g/mol. The number of carbonyl (C=O) groups is 2. The zero-order chi connectivity index (χ0) is 12.5. The van der Waals surface area contributed by atoms with Gasteiger partial charge in [-0.05, 0) is 0 Å². The van der Waals surface area contributed by atoms with Crippen molar-refractivity contribution >= 4 is 11.9 Å². The molecule has 0 bridgehead atoms. The molecule has 1 heterocycles. The lowest BCUT2D eigenvalue weighted by Crippen LogP contribution is -2.15. The third-order valence-corrected chi connectivity index (χ3v) is 1.69. The topological polar surface area (TPSA) is 96.7 Å². The summed E-state index contributed by atoms with van der Waals surface area (Å²) in [5.41, 5.74) is -2.36. The number of aromatic nitrogens is 1. The lowest BCUT2D eigenvalue weighted by atomic mass is 10.1. The molecule has 0 saturated heterocycles. The molecule has 0 radical (unpaired) electrons. The number of halogens is 2. The Balaban J connectivity index is 3.71. The fourth-order valence-corrected chi connectivity index (χ4v) is 1.06. The average Bonchev–Trinajstić information content (AvgIpc) is 2.19. The first-order valence-electron chi connectivity index (χ1n) is 3.79. The molecule has 0 aliphatic heterocycles. The maximum atomic E-state index is 13.1. The summed E-state index contributed by atoms with van der Waals surface area (Å²) in [6, 6.07) is 0. The van der Waals surface area contributed by atoms with Crippen molar-refractivity contribution in [2.75, 3.05) is 7.11 Å². The van der Waals surface area contributed by atoms with Crippen LogP contribution in [0.25, 0.3) is 0 Å². The number of aromatic carboxylic acids is 2. The normalized spacial score (nSPS) is 9.94. The van der Waals surface area contributed by atoms with Crippen LogP contribution in [-0.4, -0.2) is 34.2 Å². The van der Waals surface area contributed by atoms with E-state index in [9.17, 15) is 18.4 Å². The highest BCUT2D eigenvalue weighted by atomic mass is 19.2. The second-order valence-electron chi connectivity index (χ2n) is 2.59. The molecule has 1 aromatic heterocycles. The summed E-state index contributed by atoms with van der Waals surface area (Å²) in [4.78, 5) is 24.2. The van der Waals surface area contributed by atoms with Crippen LogP contribution in [0.4, 0.5) is 8.78 Å². The quantitative estimate of drug-likeness (QED) is 0.748. The number of ether oxygens (including phenoxy) is 1. The maximum absolute atomic E-state index is 13.1. The third-order valence-electron chi connectivity index (χ3n) is 1.69. The number of methoxy groups -OCH3 is 1. The molecule has 1 aromatic rings. The predicted octanol–water partition coefficient (Wildman–Crippen LogP) is 0.765. The SMILES string of the molecule is COc1nc(F)c(F)c(C(=O)O)c1C(=O)O. The second kappa shape index (κ2) is 4.09. The van der Waals surface area contributed by atoms with E-state index in [0.717, 1.165) is 7.11 Å². The summed E-state index contributed by atoms with van der Waals surface area (Å²) in [6.45, 7) is 0. The minimum atomic E-state index is -1.92. The lowest BCUT2D eigenvalue weighted by Gasteiger charge is -2.07. The Morgan fingerprint density at radius 1 is 1.19 bits per heavy atom. The van der Waals surface area contributed by atoms with Crippen LogP contribution in [0.3, 0.4) is 0 Å². The van der Waals surface area contributed by atoms with Gasteiger partial charge in [0.1, 0.15) is 11.1 Å². The molecule has 2 N–H and O–H groups in total. The highest BCUT2D eigenvalue weighted by molar-refractivity contribution is 6.03. The Morgan fingerprint density at radius 2 is 1.69 bits per heavy atom. The van der Waals surface area contributed by atoms with Crippen molar-refractivity contribution in [2.24, 2.45) is 0 Å². The fraction of sp³-hybridized carbons (Fsp3) is 0.125. The Morgan fingerprint density at radius 3 is 2.06 bits per heavy atom. The molecular weight excluding hydrogens is 228 g/mol. The Labute approximate surface area is 87.1 Å². The first-order valence-corrected chi connectivity index (χ1v) is 3.79. The van der Waals surface area contributed by atoms with Gasteiger partial charge in [0, 0.05) is 0 Å². The molecule has 0 aromatic carbocycles. The Kier molecular flexibility index (Phi) is 3.02. The van der Waals surface area contributed by atoms with Gasteiger partial charge in [-0.1, -0.05) is 0 Å². The van der Waals surface area contributed by atoms with Crippen molar-refractivity contribution < 1.29 is 33.3 Å². The second-order valence-corrected chi connectivity index (χ2v) is 2.59. The molecule has 8 heteroatoms. The van der Waals surface area contributed by atoms with Gasteiger partial charge in [0.25, 0.3) is 5.95 Å². The minimum Gasteiger partial charge on any atom is -0.480 e. The molecule has 0 aliphatic carbocycles. The highest BCUT2D eigenvalue weighted by Gasteiger charge is 2.29. The van der Waals surface area contributed by atoms with Gasteiger partial charge in [-0.25, -0.2) is 14.0 Å². The number of rotatable bonds is 3. The van der Waals surface area contributed by atoms with Crippen LogP contribution in [0, 0.1) is 11.8 Å². The lowest BCUT2D eigenvalue weighted by molar-refractivity contribution is 0.0640. The van der Waals surface area contributed by atoms with Crippen LogP contribution in [-0.2, 0) is 0 Å². The molecular formula is C8H5F2NO5. The van der Waals surface area contributed by atoms with Gasteiger partial charge in [-0.2, -0.15) is 9.37 Å². The largest absolute Gasteiger partial charge is 0.480 e. The van der Waals surface area contributed by atoms with E-state index in [1.165, 1.54) is 0 Å². The van der Waals surface area contributed by atoms with Gasteiger partial charge in [0.05, 0.1) is 7.11 Å². The van der Waals surface area contributed by atoms with Crippen LogP contribution in [0.1, 0.15) is 20.7 Å². The van der Waals surface area contributed by atoms with Gasteiger partial charge in [-0.3, -0.25) is 0 Å². The highest BCUT2D eigenvalue weighted by Crippen LogP contribution is 2.24. The van der Waals surface area contributed by atoms with E-state index < -0.39 is 40.7 Å². The molecule has 0 atom stereocenters. The van der Waals surface area contributed by atoms with Gasteiger partial charge >= 0.3 is 11.9 Å². The number of nitrogens with zero attached hydrogens (tertiary/aromatic N) is 1. The van der Waals surface area contributed by atoms with Crippen LogP contribution >= 0.6 is 0 Å². The molecule has 0 saturated carbocycles. The standard InChI is InChI=1S/C8H5F2NO5/c1-16-6-3(8(14)15)2(7(12)13)4(9)5(10)11-6/h1H3,(H,12,13)(H,14,15). The smallest absolute Gasteiger partial charge is 0.342 e. The van der Waals surface area contributed by atoms with E-state index in [0.29, 0.717) is 0 Å². The molecule has 0 aliphatic rings. The molecule has 6 nitrogen and oxygen atoms in total. The predicted molar refractivity (Wildman–Crippen MR) is 44.6 cm³/mol. The van der Waals surface area contributed by atoms with Crippen molar-refractivity contribution in [1.82, 2.24) is 4.98 Å². The van der Waals surface area contributed by atoms with E-state index in [2.05, 4.69) is 9.72 Å². The summed E-state index contributed by atoms with van der Waals surface area (Å²) < 4.78 is 30.2. The van der Waals surface area contributed by atoms with Gasteiger partial charge in [0.2, 0.25) is 5.88 Å². The molecule has 0 spiro atoms. The summed E-state index contributed by atoms with van der Waals surface area (Å²) in [5, 5.41) is 17.3. The van der Waals surface area contributed by atoms with E-state index >= 15 is 0 Å². The molecule has 0 fully saturated rings. The average molecular weight is 233 g/mol. The Hall–Kier alpha value is -2.25. The number of hydrogen-bond acceptors (Lipinski definition) is 4. The van der Waals surface area contributed by atoms with Crippen molar-refractivity contribution in [1.29, 1.82) is 0 Å². The van der Waals surface area contributed by atoms with Crippen molar-refractivity contribution in [3.8, 4) is 5.88 Å². The molecule has 86 valence electrons. The zero-order valence-electron chi connectivity index (χ0n) is 7.82. The van der Waals surface area contributed by atoms with E-state index in [4.69, 9.17) is 10.2 Å². The summed E-state index contributed by atoms with van der Waals surface area (Å²) in [6.07, 6.45) is 0. The third kappa shape index (κ3) is 1.76. The van der Waals surface area contributed by atoms with Gasteiger partial charge in [-0.15, -0.1) is 0 Å². The van der Waals surface area contributed by atoms with Crippen LogP contribution in [0.5, 0.6) is 5.88 Å². The van der Waals surface area contributed by atoms with Crippen molar-refractivity contribution in [3.05, 3.63) is 22.9 Å². The first-order chi connectivity index (χ1) is 7.40. The molecule has 1 rings (SSSR count). The molecule has 16 heavy (non-hydrogen) atoms. The van der Waals surface area contributed by atoms with Crippen LogP contribution in [0.15, 0.2) is 0 Å². The summed E-state index contributed by atoms with van der Waals surface area (Å²) >= 11 is 0. The minimum absolute atomic E-state index is 0.802. The molecule has 0 amide bonds. The number of carboxylic acid groups (broad SMARTS) is 2. The van der Waals surface area contributed by atoms with Gasteiger partial charge in [0.15, 0.2) is 5.82 Å². The number of pyridine rings is 1. The summed E-state index contributed by atoms with van der Waals surface area (Å²) in [7, 11) is 0.956.